The van der Waals surface area contributed by atoms with Crippen LogP contribution in [0.2, 0.25) is 0 Å². The van der Waals surface area contributed by atoms with Crippen molar-refractivity contribution in [2.45, 2.75) is 25.9 Å². The highest BCUT2D eigenvalue weighted by Gasteiger charge is 2.41. The van der Waals surface area contributed by atoms with Crippen LogP contribution in [0.15, 0.2) is 10.8 Å². The first-order valence-electron chi connectivity index (χ1n) is 6.49. The van der Waals surface area contributed by atoms with Crippen LogP contribution in [0.3, 0.4) is 0 Å². The molecule has 0 aliphatic carbocycles. The van der Waals surface area contributed by atoms with Gasteiger partial charge in [-0.15, -0.1) is 0 Å². The van der Waals surface area contributed by atoms with Crippen LogP contribution in [0.1, 0.15) is 19.8 Å². The highest BCUT2D eigenvalue weighted by atomic mass is 79.9. The highest BCUT2D eigenvalue weighted by Crippen LogP contribution is 2.37. The molecule has 20 heavy (non-hydrogen) atoms. The second kappa shape index (κ2) is 6.15. The fourth-order valence-corrected chi connectivity index (χ4v) is 2.89. The van der Waals surface area contributed by atoms with E-state index in [9.17, 15) is 13.2 Å². The molecule has 0 bridgehead atoms. The largest absolute Gasteiger partial charge is 0.391 e. The van der Waals surface area contributed by atoms with Gasteiger partial charge in [-0.1, -0.05) is 0 Å². The summed E-state index contributed by atoms with van der Waals surface area (Å²) in [5, 5.41) is 3.08. The molecule has 8 heteroatoms. The molecule has 0 radical (unpaired) electrons. The molecule has 0 unspecified atom stereocenters. The van der Waals surface area contributed by atoms with Crippen molar-refractivity contribution in [3.05, 3.63) is 10.8 Å². The maximum atomic E-state index is 12.7. The molecule has 4 nitrogen and oxygen atoms in total. The average molecular weight is 353 g/mol. The molecule has 1 aliphatic rings. The first kappa shape index (κ1) is 15.3. The fourth-order valence-electron chi connectivity index (χ4n) is 2.29. The van der Waals surface area contributed by atoms with Crippen LogP contribution in [-0.2, 0) is 0 Å². The van der Waals surface area contributed by atoms with Gasteiger partial charge in [-0.3, -0.25) is 0 Å². The first-order chi connectivity index (χ1) is 9.43. The lowest BCUT2D eigenvalue weighted by molar-refractivity contribution is -0.179. The van der Waals surface area contributed by atoms with Crippen molar-refractivity contribution < 1.29 is 13.2 Å². The molecule has 112 valence electrons. The SMILES string of the molecule is CCNc1ncnc(N2CCC(C(F)(F)F)CC2)c1Br. The van der Waals surface area contributed by atoms with Crippen molar-refractivity contribution in [1.82, 2.24) is 9.97 Å². The average Bonchev–Trinajstić information content (AvgIpc) is 2.41. The summed E-state index contributed by atoms with van der Waals surface area (Å²) in [7, 11) is 0. The van der Waals surface area contributed by atoms with Crippen LogP contribution in [-0.4, -0.2) is 35.8 Å². The highest BCUT2D eigenvalue weighted by molar-refractivity contribution is 9.10. The van der Waals surface area contributed by atoms with Crippen molar-refractivity contribution in [3.8, 4) is 0 Å². The van der Waals surface area contributed by atoms with Crippen LogP contribution in [0, 0.1) is 5.92 Å². The molecular weight excluding hydrogens is 337 g/mol. The van der Waals surface area contributed by atoms with E-state index in [4.69, 9.17) is 0 Å². The number of alkyl halides is 3. The minimum Gasteiger partial charge on any atom is -0.369 e. The Kier molecular flexibility index (Phi) is 4.72. The Morgan fingerprint density at radius 3 is 2.55 bits per heavy atom. The lowest BCUT2D eigenvalue weighted by Gasteiger charge is -2.34. The van der Waals surface area contributed by atoms with Gasteiger partial charge in [0.1, 0.15) is 22.4 Å². The molecule has 1 fully saturated rings. The normalized spacial score (nSPS) is 17.4. The minimum atomic E-state index is -4.09. The van der Waals surface area contributed by atoms with Crippen LogP contribution >= 0.6 is 15.9 Å². The first-order valence-corrected chi connectivity index (χ1v) is 7.28. The van der Waals surface area contributed by atoms with Gasteiger partial charge < -0.3 is 10.2 Å². The molecule has 1 aliphatic heterocycles. The third-order valence-corrected chi connectivity index (χ3v) is 4.10. The number of nitrogens with one attached hydrogen (secondary N) is 1. The van der Waals surface area contributed by atoms with E-state index in [0.29, 0.717) is 35.7 Å². The Bertz CT molecular complexity index is 459. The standard InChI is InChI=1S/C12H16BrF3N4/c1-2-17-10-9(13)11(19-7-18-10)20-5-3-8(4-6-20)12(14,15)16/h7-8H,2-6H2,1H3,(H,17,18,19). The summed E-state index contributed by atoms with van der Waals surface area (Å²) >= 11 is 3.42. The van der Waals surface area contributed by atoms with Gasteiger partial charge >= 0.3 is 6.18 Å². The molecule has 2 rings (SSSR count). The van der Waals surface area contributed by atoms with E-state index in [1.807, 2.05) is 11.8 Å². The summed E-state index contributed by atoms with van der Waals surface area (Å²) in [5.41, 5.74) is 0. The Balaban J connectivity index is 2.09. The predicted octanol–water partition coefficient (Wildman–Crippen LogP) is 3.45. The van der Waals surface area contributed by atoms with Gasteiger partial charge in [0.05, 0.1) is 5.92 Å². The van der Waals surface area contributed by atoms with Gasteiger partial charge in [0, 0.05) is 19.6 Å². The van der Waals surface area contributed by atoms with E-state index >= 15 is 0 Å². The van der Waals surface area contributed by atoms with E-state index in [-0.39, 0.29) is 12.8 Å². The summed E-state index contributed by atoms with van der Waals surface area (Å²) < 4.78 is 38.7. The molecule has 0 spiro atoms. The van der Waals surface area contributed by atoms with Crippen molar-refractivity contribution >= 4 is 27.6 Å². The summed E-state index contributed by atoms with van der Waals surface area (Å²) in [6.07, 6.45) is -2.45. The van der Waals surface area contributed by atoms with E-state index in [1.54, 1.807) is 0 Å². The summed E-state index contributed by atoms with van der Waals surface area (Å²) in [6, 6.07) is 0. The number of nitrogens with zero attached hydrogens (tertiary/aromatic N) is 3. The topological polar surface area (TPSA) is 41.1 Å². The summed E-state index contributed by atoms with van der Waals surface area (Å²) in [5.74, 6) is 0.111. The molecular formula is C12H16BrF3N4. The van der Waals surface area contributed by atoms with Crippen molar-refractivity contribution in [1.29, 1.82) is 0 Å². The number of hydrogen-bond acceptors (Lipinski definition) is 4. The van der Waals surface area contributed by atoms with Crippen LogP contribution in [0.4, 0.5) is 24.8 Å². The van der Waals surface area contributed by atoms with Gasteiger partial charge in [0.2, 0.25) is 0 Å². The van der Waals surface area contributed by atoms with Crippen LogP contribution in [0.25, 0.3) is 0 Å². The zero-order valence-electron chi connectivity index (χ0n) is 11.0. The molecule has 2 heterocycles. The molecule has 0 aromatic carbocycles. The van der Waals surface area contributed by atoms with Gasteiger partial charge in [-0.25, -0.2) is 9.97 Å². The molecule has 0 saturated carbocycles. The lowest BCUT2D eigenvalue weighted by atomic mass is 9.96. The second-order valence-electron chi connectivity index (χ2n) is 4.69. The number of halogens is 4. The maximum Gasteiger partial charge on any atom is 0.391 e. The number of rotatable bonds is 3. The van der Waals surface area contributed by atoms with E-state index in [0.717, 1.165) is 0 Å². The minimum absolute atomic E-state index is 0.108. The van der Waals surface area contributed by atoms with Crippen molar-refractivity contribution in [2.24, 2.45) is 5.92 Å². The quantitative estimate of drug-likeness (QED) is 0.904. The molecule has 0 atom stereocenters. The van der Waals surface area contributed by atoms with Gasteiger partial charge in [0.15, 0.2) is 0 Å². The Labute approximate surface area is 123 Å². The zero-order valence-corrected chi connectivity index (χ0v) is 12.6. The molecule has 1 aromatic rings. The molecule has 1 aromatic heterocycles. The van der Waals surface area contributed by atoms with Crippen LogP contribution < -0.4 is 10.2 Å². The van der Waals surface area contributed by atoms with Crippen molar-refractivity contribution in [2.75, 3.05) is 29.9 Å². The second-order valence-corrected chi connectivity index (χ2v) is 5.49. The van der Waals surface area contributed by atoms with Gasteiger partial charge in [0.25, 0.3) is 0 Å². The molecule has 1 saturated heterocycles. The summed E-state index contributed by atoms with van der Waals surface area (Å²) in [4.78, 5) is 10.2. The third-order valence-electron chi connectivity index (χ3n) is 3.37. The lowest BCUT2D eigenvalue weighted by Crippen LogP contribution is -2.39. The maximum absolute atomic E-state index is 12.7. The Hall–Kier alpha value is -1.05. The van der Waals surface area contributed by atoms with Gasteiger partial charge in [-0.05, 0) is 35.7 Å². The molecule has 0 amide bonds. The van der Waals surface area contributed by atoms with E-state index in [1.165, 1.54) is 6.33 Å². The Morgan fingerprint density at radius 1 is 1.35 bits per heavy atom. The number of hydrogen-bond donors (Lipinski definition) is 1. The molecule has 1 N–H and O–H groups in total. The number of aromatic nitrogens is 2. The Morgan fingerprint density at radius 2 is 2.00 bits per heavy atom. The predicted molar refractivity (Wildman–Crippen MR) is 74.9 cm³/mol. The number of anilines is 2. The zero-order chi connectivity index (χ0) is 14.8. The summed E-state index contributed by atoms with van der Waals surface area (Å²) in [6.45, 7) is 3.37. The third kappa shape index (κ3) is 3.34. The fraction of sp³-hybridized carbons (Fsp3) is 0.667. The smallest absolute Gasteiger partial charge is 0.369 e. The number of piperidine rings is 1. The monoisotopic (exact) mass is 352 g/mol. The van der Waals surface area contributed by atoms with E-state index < -0.39 is 12.1 Å². The van der Waals surface area contributed by atoms with Crippen molar-refractivity contribution in [3.63, 3.8) is 0 Å². The van der Waals surface area contributed by atoms with Gasteiger partial charge in [-0.2, -0.15) is 13.2 Å². The van der Waals surface area contributed by atoms with E-state index in [2.05, 4.69) is 31.2 Å². The van der Waals surface area contributed by atoms with Crippen LogP contribution in [0.5, 0.6) is 0 Å².